The van der Waals surface area contributed by atoms with Crippen molar-refractivity contribution in [2.24, 2.45) is 5.10 Å². The molecule has 1 aliphatic heterocycles. The van der Waals surface area contributed by atoms with Crippen LogP contribution in [0.25, 0.3) is 0 Å². The van der Waals surface area contributed by atoms with E-state index in [0.717, 1.165) is 5.56 Å². The Kier molecular flexibility index (Phi) is 3.36. The highest BCUT2D eigenvalue weighted by molar-refractivity contribution is 8.23. The first-order valence-corrected chi connectivity index (χ1v) is 6.16. The first-order chi connectivity index (χ1) is 7.66. The molecule has 1 aliphatic rings. The van der Waals surface area contributed by atoms with Crippen LogP contribution in [0.4, 0.5) is 0 Å². The lowest BCUT2D eigenvalue weighted by Gasteiger charge is -2.06. The third-order valence-corrected chi connectivity index (χ3v) is 3.47. The molecule has 0 radical (unpaired) electrons. The van der Waals surface area contributed by atoms with Gasteiger partial charge in [0, 0.05) is 0 Å². The van der Waals surface area contributed by atoms with E-state index in [4.69, 9.17) is 12.2 Å². The summed E-state index contributed by atoms with van der Waals surface area (Å²) < 4.78 is 0.522. The summed E-state index contributed by atoms with van der Waals surface area (Å²) in [7, 11) is 0. The second-order valence-corrected chi connectivity index (χ2v) is 5.02. The molecule has 3 nitrogen and oxygen atoms in total. The summed E-state index contributed by atoms with van der Waals surface area (Å²) in [5.41, 5.74) is 2.15. The summed E-state index contributed by atoms with van der Waals surface area (Å²) in [4.78, 5) is 11.4. The van der Waals surface area contributed by atoms with E-state index in [9.17, 15) is 4.79 Å². The van der Waals surface area contributed by atoms with Gasteiger partial charge in [-0.1, -0.05) is 53.8 Å². The van der Waals surface area contributed by atoms with Crippen LogP contribution in [0.1, 0.15) is 11.1 Å². The number of thiocarbonyl (C=S) groups is 1. The maximum Gasteiger partial charge on any atom is 0.259 e. The minimum absolute atomic E-state index is 0.0571. The van der Waals surface area contributed by atoms with Crippen LogP contribution >= 0.6 is 24.0 Å². The molecule has 5 heteroatoms. The molecule has 1 heterocycles. The molecule has 1 aromatic rings. The molecule has 0 saturated carbocycles. The van der Waals surface area contributed by atoms with Gasteiger partial charge >= 0.3 is 0 Å². The molecule has 0 N–H and O–H groups in total. The zero-order valence-corrected chi connectivity index (χ0v) is 10.3. The Labute approximate surface area is 104 Å². The predicted molar refractivity (Wildman–Crippen MR) is 70.7 cm³/mol. The fourth-order valence-corrected chi connectivity index (χ4v) is 2.20. The van der Waals surface area contributed by atoms with Gasteiger partial charge in [0.25, 0.3) is 5.91 Å². The molecular weight excluding hydrogens is 240 g/mol. The largest absolute Gasteiger partial charge is 0.272 e. The van der Waals surface area contributed by atoms with Crippen LogP contribution in [-0.4, -0.2) is 27.2 Å². The van der Waals surface area contributed by atoms with E-state index in [1.54, 1.807) is 6.21 Å². The maximum absolute atomic E-state index is 11.4. The van der Waals surface area contributed by atoms with Crippen molar-refractivity contribution in [2.75, 3.05) is 5.75 Å². The predicted octanol–water partition coefficient (Wildman–Crippen LogP) is 2.19. The Balaban J connectivity index is 2.12. The van der Waals surface area contributed by atoms with Crippen molar-refractivity contribution in [1.82, 2.24) is 5.01 Å². The van der Waals surface area contributed by atoms with Crippen LogP contribution in [-0.2, 0) is 4.79 Å². The number of hydrogen-bond acceptors (Lipinski definition) is 4. The number of aryl methyl sites for hydroxylation is 1. The average Bonchev–Trinajstić information content (AvgIpc) is 2.59. The lowest BCUT2D eigenvalue weighted by atomic mass is 10.2. The van der Waals surface area contributed by atoms with Gasteiger partial charge in [0.1, 0.15) is 0 Å². The molecule has 1 fully saturated rings. The van der Waals surface area contributed by atoms with Gasteiger partial charge in [-0.05, 0) is 12.5 Å². The summed E-state index contributed by atoms with van der Waals surface area (Å²) >= 11 is 6.35. The lowest BCUT2D eigenvalue weighted by Crippen LogP contribution is -2.22. The van der Waals surface area contributed by atoms with Gasteiger partial charge in [-0.3, -0.25) is 4.79 Å². The van der Waals surface area contributed by atoms with Gasteiger partial charge in [0.15, 0.2) is 4.32 Å². The van der Waals surface area contributed by atoms with E-state index >= 15 is 0 Å². The highest BCUT2D eigenvalue weighted by Gasteiger charge is 2.25. The van der Waals surface area contributed by atoms with Crippen molar-refractivity contribution in [2.45, 2.75) is 6.92 Å². The van der Waals surface area contributed by atoms with Crippen molar-refractivity contribution < 1.29 is 4.79 Å². The van der Waals surface area contributed by atoms with Crippen molar-refractivity contribution in [3.63, 3.8) is 0 Å². The number of hydrazone groups is 1. The van der Waals surface area contributed by atoms with Gasteiger partial charge in [-0.15, -0.1) is 0 Å². The molecule has 0 unspecified atom stereocenters. The fourth-order valence-electron chi connectivity index (χ4n) is 1.24. The zero-order valence-electron chi connectivity index (χ0n) is 8.71. The van der Waals surface area contributed by atoms with Gasteiger partial charge in [-0.2, -0.15) is 10.1 Å². The molecule has 1 saturated heterocycles. The molecule has 0 bridgehead atoms. The molecule has 82 valence electrons. The van der Waals surface area contributed by atoms with Crippen LogP contribution in [0.3, 0.4) is 0 Å². The summed E-state index contributed by atoms with van der Waals surface area (Å²) in [6.45, 7) is 2.02. The van der Waals surface area contributed by atoms with Crippen molar-refractivity contribution >= 4 is 40.4 Å². The van der Waals surface area contributed by atoms with E-state index < -0.39 is 0 Å². The van der Waals surface area contributed by atoms with Crippen molar-refractivity contribution in [3.05, 3.63) is 35.4 Å². The molecule has 0 aromatic heterocycles. The molecule has 1 amide bonds. The number of nitrogens with zero attached hydrogens (tertiary/aromatic N) is 2. The molecule has 0 spiro atoms. The zero-order chi connectivity index (χ0) is 11.5. The summed E-state index contributed by atoms with van der Waals surface area (Å²) in [5.74, 6) is 0.336. The average molecular weight is 250 g/mol. The Morgan fingerprint density at radius 2 is 2.12 bits per heavy atom. The third kappa shape index (κ3) is 2.48. The van der Waals surface area contributed by atoms with Crippen molar-refractivity contribution in [3.8, 4) is 0 Å². The quantitative estimate of drug-likeness (QED) is 0.596. The number of carbonyl (C=O) groups is 1. The monoisotopic (exact) mass is 250 g/mol. The van der Waals surface area contributed by atoms with Crippen molar-refractivity contribution in [1.29, 1.82) is 0 Å². The molecule has 0 atom stereocenters. The van der Waals surface area contributed by atoms with Crippen LogP contribution < -0.4 is 0 Å². The topological polar surface area (TPSA) is 32.7 Å². The fraction of sp³-hybridized carbons (Fsp3) is 0.182. The highest BCUT2D eigenvalue weighted by atomic mass is 32.2. The van der Waals surface area contributed by atoms with Crippen LogP contribution in [0.2, 0.25) is 0 Å². The SMILES string of the molecule is Cc1ccc(/C=N/N2C(=O)CSC2=S)cc1. The van der Waals surface area contributed by atoms with E-state index in [0.29, 0.717) is 10.1 Å². The second-order valence-electron chi connectivity index (χ2n) is 3.42. The first-order valence-electron chi connectivity index (χ1n) is 4.77. The Hall–Kier alpha value is -1.20. The number of thioether (sulfide) groups is 1. The smallest absolute Gasteiger partial charge is 0.259 e. The number of carbonyl (C=O) groups excluding carboxylic acids is 1. The molecule has 2 rings (SSSR count). The normalized spacial score (nSPS) is 16.4. The van der Waals surface area contributed by atoms with E-state index in [1.807, 2.05) is 31.2 Å². The highest BCUT2D eigenvalue weighted by Crippen LogP contribution is 2.19. The molecule has 0 aliphatic carbocycles. The summed E-state index contributed by atoms with van der Waals surface area (Å²) in [5, 5.41) is 5.36. The Morgan fingerprint density at radius 3 is 2.69 bits per heavy atom. The number of benzene rings is 1. The Morgan fingerprint density at radius 1 is 1.44 bits per heavy atom. The lowest BCUT2D eigenvalue weighted by molar-refractivity contribution is -0.123. The van der Waals surface area contributed by atoms with E-state index in [-0.39, 0.29) is 5.91 Å². The second kappa shape index (κ2) is 4.76. The third-order valence-electron chi connectivity index (χ3n) is 2.13. The van der Waals surface area contributed by atoms with E-state index in [2.05, 4.69) is 5.10 Å². The van der Waals surface area contributed by atoms with Gasteiger partial charge in [-0.25, -0.2) is 0 Å². The molecule has 16 heavy (non-hydrogen) atoms. The first kappa shape index (κ1) is 11.3. The van der Waals surface area contributed by atoms with E-state index in [1.165, 1.54) is 22.3 Å². The number of hydrogen-bond donors (Lipinski definition) is 0. The van der Waals surface area contributed by atoms with Crippen LogP contribution in [0, 0.1) is 6.92 Å². The maximum atomic E-state index is 11.4. The summed E-state index contributed by atoms with van der Waals surface area (Å²) in [6, 6.07) is 7.91. The van der Waals surface area contributed by atoms with Gasteiger partial charge < -0.3 is 0 Å². The van der Waals surface area contributed by atoms with Gasteiger partial charge in [0.2, 0.25) is 0 Å². The molecular formula is C11H10N2OS2. The van der Waals surface area contributed by atoms with Crippen LogP contribution in [0.15, 0.2) is 29.4 Å². The molecule has 1 aromatic carbocycles. The standard InChI is InChI=1S/C11H10N2OS2/c1-8-2-4-9(5-3-8)6-12-13-10(14)7-16-11(13)15/h2-6H,7H2,1H3/b12-6+. The van der Waals surface area contributed by atoms with Gasteiger partial charge in [0.05, 0.1) is 12.0 Å². The number of amides is 1. The number of rotatable bonds is 2. The summed E-state index contributed by atoms with van der Waals surface area (Å²) in [6.07, 6.45) is 1.65. The Bertz CT molecular complexity index is 438. The minimum atomic E-state index is -0.0571. The minimum Gasteiger partial charge on any atom is -0.272 e. The van der Waals surface area contributed by atoms with Crippen LogP contribution in [0.5, 0.6) is 0 Å².